The van der Waals surface area contributed by atoms with Gasteiger partial charge < -0.3 is 4.90 Å². The van der Waals surface area contributed by atoms with Gasteiger partial charge in [0.2, 0.25) is 0 Å². The van der Waals surface area contributed by atoms with Gasteiger partial charge in [-0.3, -0.25) is 0 Å². The van der Waals surface area contributed by atoms with Gasteiger partial charge in [-0.1, -0.05) is 13.8 Å². The SMILES string of the molecule is CCc1ncnc(N2CCS[C@H](C)[C@@H]2C)c1F. The Bertz CT molecular complexity index is 399. The second-order valence-electron chi connectivity index (χ2n) is 4.32. The Hall–Kier alpha value is -0.840. The number of aromatic nitrogens is 2. The summed E-state index contributed by atoms with van der Waals surface area (Å²) in [5.41, 5.74) is 0.507. The van der Waals surface area contributed by atoms with E-state index in [4.69, 9.17) is 0 Å². The Morgan fingerprint density at radius 1 is 1.47 bits per heavy atom. The second-order valence-corrected chi connectivity index (χ2v) is 5.81. The highest BCUT2D eigenvalue weighted by atomic mass is 32.2. The standard InChI is InChI=1S/C12H18FN3S/c1-4-10-11(13)12(15-7-14-10)16-5-6-17-9(3)8(16)2/h7-9H,4-6H2,1-3H3/t8-,9+/m0/s1. The molecule has 17 heavy (non-hydrogen) atoms. The van der Waals surface area contributed by atoms with Crippen LogP contribution in [0.15, 0.2) is 6.33 Å². The van der Waals surface area contributed by atoms with Crippen molar-refractivity contribution >= 4 is 17.6 Å². The van der Waals surface area contributed by atoms with Crippen molar-refractivity contribution < 1.29 is 4.39 Å². The van der Waals surface area contributed by atoms with E-state index in [9.17, 15) is 4.39 Å². The molecular weight excluding hydrogens is 237 g/mol. The van der Waals surface area contributed by atoms with Crippen LogP contribution in [-0.4, -0.2) is 33.6 Å². The van der Waals surface area contributed by atoms with Gasteiger partial charge in [-0.25, -0.2) is 14.4 Å². The van der Waals surface area contributed by atoms with E-state index in [-0.39, 0.29) is 5.82 Å². The zero-order chi connectivity index (χ0) is 12.4. The molecule has 0 N–H and O–H groups in total. The summed E-state index contributed by atoms with van der Waals surface area (Å²) in [4.78, 5) is 10.2. The van der Waals surface area contributed by atoms with Crippen LogP contribution in [0.3, 0.4) is 0 Å². The normalized spacial score (nSPS) is 25.1. The van der Waals surface area contributed by atoms with Crippen LogP contribution in [-0.2, 0) is 6.42 Å². The summed E-state index contributed by atoms with van der Waals surface area (Å²) in [5, 5.41) is 0.503. The summed E-state index contributed by atoms with van der Waals surface area (Å²) in [7, 11) is 0. The van der Waals surface area contributed by atoms with Crippen molar-refractivity contribution in [3.8, 4) is 0 Å². The topological polar surface area (TPSA) is 29.0 Å². The van der Waals surface area contributed by atoms with E-state index in [2.05, 4.69) is 28.7 Å². The zero-order valence-corrected chi connectivity index (χ0v) is 11.3. The minimum Gasteiger partial charge on any atom is -0.349 e. The molecule has 1 fully saturated rings. The highest BCUT2D eigenvalue weighted by molar-refractivity contribution is 8.00. The molecule has 94 valence electrons. The first kappa shape index (κ1) is 12.6. The molecule has 0 spiro atoms. The van der Waals surface area contributed by atoms with Crippen molar-refractivity contribution in [2.24, 2.45) is 0 Å². The van der Waals surface area contributed by atoms with Gasteiger partial charge in [0.15, 0.2) is 11.6 Å². The van der Waals surface area contributed by atoms with Crippen LogP contribution in [0.4, 0.5) is 10.2 Å². The van der Waals surface area contributed by atoms with Crippen molar-refractivity contribution in [2.75, 3.05) is 17.2 Å². The van der Waals surface area contributed by atoms with Crippen LogP contribution >= 0.6 is 11.8 Å². The number of hydrogen-bond donors (Lipinski definition) is 0. The van der Waals surface area contributed by atoms with Crippen molar-refractivity contribution in [3.05, 3.63) is 17.8 Å². The number of thioether (sulfide) groups is 1. The molecule has 0 amide bonds. The first-order valence-corrected chi connectivity index (χ1v) is 7.07. The number of hydrogen-bond acceptors (Lipinski definition) is 4. The van der Waals surface area contributed by atoms with Crippen molar-refractivity contribution in [2.45, 2.75) is 38.5 Å². The predicted octanol–water partition coefficient (Wildman–Crippen LogP) is 2.51. The number of rotatable bonds is 2. The third kappa shape index (κ3) is 2.39. The average Bonchev–Trinajstić information content (AvgIpc) is 2.33. The molecule has 2 heterocycles. The van der Waals surface area contributed by atoms with Crippen LogP contribution in [0.25, 0.3) is 0 Å². The minimum absolute atomic E-state index is 0.249. The quantitative estimate of drug-likeness (QED) is 0.812. The molecule has 1 aliphatic heterocycles. The Balaban J connectivity index is 2.33. The van der Waals surface area contributed by atoms with Gasteiger partial charge in [-0.2, -0.15) is 11.8 Å². The number of nitrogens with zero attached hydrogens (tertiary/aromatic N) is 3. The molecule has 0 unspecified atom stereocenters. The Labute approximate surface area is 106 Å². The van der Waals surface area contributed by atoms with E-state index in [1.807, 2.05) is 18.7 Å². The van der Waals surface area contributed by atoms with E-state index in [1.165, 1.54) is 6.33 Å². The fraction of sp³-hybridized carbons (Fsp3) is 0.667. The van der Waals surface area contributed by atoms with Crippen LogP contribution in [0.1, 0.15) is 26.5 Å². The number of anilines is 1. The molecular formula is C12H18FN3S. The maximum atomic E-state index is 14.2. The molecule has 0 bridgehead atoms. The Kier molecular flexibility index (Phi) is 3.86. The van der Waals surface area contributed by atoms with Crippen molar-refractivity contribution in [3.63, 3.8) is 0 Å². The lowest BCUT2D eigenvalue weighted by atomic mass is 10.2. The van der Waals surface area contributed by atoms with E-state index < -0.39 is 0 Å². The third-order valence-electron chi connectivity index (χ3n) is 3.33. The molecule has 5 heteroatoms. The molecule has 0 aliphatic carbocycles. The van der Waals surface area contributed by atoms with Crippen LogP contribution in [0, 0.1) is 5.82 Å². The fourth-order valence-electron chi connectivity index (χ4n) is 2.07. The maximum absolute atomic E-state index is 14.2. The van der Waals surface area contributed by atoms with Crippen LogP contribution in [0.2, 0.25) is 0 Å². The molecule has 2 rings (SSSR count). The minimum atomic E-state index is -0.249. The molecule has 0 radical (unpaired) electrons. The maximum Gasteiger partial charge on any atom is 0.187 e. The highest BCUT2D eigenvalue weighted by Crippen LogP contribution is 2.29. The van der Waals surface area contributed by atoms with E-state index in [1.54, 1.807) is 0 Å². The lowest BCUT2D eigenvalue weighted by Crippen LogP contribution is -2.45. The summed E-state index contributed by atoms with van der Waals surface area (Å²) in [6.07, 6.45) is 2.07. The third-order valence-corrected chi connectivity index (χ3v) is 4.67. The zero-order valence-electron chi connectivity index (χ0n) is 10.5. The smallest absolute Gasteiger partial charge is 0.187 e. The summed E-state index contributed by atoms with van der Waals surface area (Å²) in [5.74, 6) is 1.24. The summed E-state index contributed by atoms with van der Waals surface area (Å²) < 4.78 is 14.2. The van der Waals surface area contributed by atoms with Gasteiger partial charge in [0.1, 0.15) is 6.33 Å². The van der Waals surface area contributed by atoms with Gasteiger partial charge >= 0.3 is 0 Å². The van der Waals surface area contributed by atoms with Gasteiger partial charge in [0.05, 0.1) is 5.69 Å². The molecule has 1 aromatic heterocycles. The lowest BCUT2D eigenvalue weighted by Gasteiger charge is -2.38. The molecule has 1 aromatic rings. The largest absolute Gasteiger partial charge is 0.349 e. The average molecular weight is 255 g/mol. The van der Waals surface area contributed by atoms with Gasteiger partial charge in [-0.05, 0) is 13.3 Å². The van der Waals surface area contributed by atoms with Crippen LogP contribution in [0.5, 0.6) is 0 Å². The van der Waals surface area contributed by atoms with Gasteiger partial charge in [-0.15, -0.1) is 0 Å². The first-order valence-electron chi connectivity index (χ1n) is 6.02. The van der Waals surface area contributed by atoms with E-state index in [0.29, 0.717) is 29.2 Å². The Morgan fingerprint density at radius 2 is 2.24 bits per heavy atom. The molecule has 1 saturated heterocycles. The van der Waals surface area contributed by atoms with Crippen LogP contribution < -0.4 is 4.90 Å². The lowest BCUT2D eigenvalue weighted by molar-refractivity contribution is 0.556. The molecule has 2 atom stereocenters. The summed E-state index contributed by atoms with van der Waals surface area (Å²) in [6, 6.07) is 0.308. The molecule has 0 aromatic carbocycles. The van der Waals surface area contributed by atoms with E-state index in [0.717, 1.165) is 12.3 Å². The number of halogens is 1. The first-order chi connectivity index (χ1) is 8.15. The van der Waals surface area contributed by atoms with Crippen molar-refractivity contribution in [1.82, 2.24) is 9.97 Å². The van der Waals surface area contributed by atoms with Gasteiger partial charge in [0, 0.05) is 23.6 Å². The monoisotopic (exact) mass is 255 g/mol. The van der Waals surface area contributed by atoms with Gasteiger partial charge in [0.25, 0.3) is 0 Å². The second kappa shape index (κ2) is 5.21. The molecule has 1 aliphatic rings. The highest BCUT2D eigenvalue weighted by Gasteiger charge is 2.28. The summed E-state index contributed by atoms with van der Waals surface area (Å²) >= 11 is 1.93. The van der Waals surface area contributed by atoms with Crippen molar-refractivity contribution in [1.29, 1.82) is 0 Å². The number of aryl methyl sites for hydroxylation is 1. The molecule has 3 nitrogen and oxygen atoms in total. The molecule has 0 saturated carbocycles. The predicted molar refractivity (Wildman–Crippen MR) is 70.1 cm³/mol. The fourth-order valence-corrected chi connectivity index (χ4v) is 3.17. The summed E-state index contributed by atoms with van der Waals surface area (Å²) in [6.45, 7) is 7.08. The van der Waals surface area contributed by atoms with E-state index >= 15 is 0 Å². The Morgan fingerprint density at radius 3 is 2.94 bits per heavy atom.